The SMILES string of the molecule is Cc1nocc1NC(=O)c1cc(C(=O)N2CCOCC2)ccc1OCc1ccc(F)cc1F. The molecule has 1 aromatic heterocycles. The number of aryl methyl sites for hydroxylation is 1. The minimum Gasteiger partial charge on any atom is -0.488 e. The topological polar surface area (TPSA) is 93.9 Å². The summed E-state index contributed by atoms with van der Waals surface area (Å²) in [5, 5.41) is 6.39. The number of halogens is 2. The van der Waals surface area contributed by atoms with Gasteiger partial charge < -0.3 is 24.2 Å². The number of aromatic nitrogens is 1. The summed E-state index contributed by atoms with van der Waals surface area (Å²) in [6.45, 7) is 3.19. The van der Waals surface area contributed by atoms with Crippen molar-refractivity contribution in [1.29, 1.82) is 0 Å². The molecule has 33 heavy (non-hydrogen) atoms. The molecule has 2 heterocycles. The summed E-state index contributed by atoms with van der Waals surface area (Å²) < 4.78 is 43.0. The maximum atomic E-state index is 14.0. The van der Waals surface area contributed by atoms with Crippen molar-refractivity contribution in [2.75, 3.05) is 31.6 Å². The van der Waals surface area contributed by atoms with Crippen molar-refractivity contribution >= 4 is 17.5 Å². The molecule has 1 N–H and O–H groups in total. The molecule has 2 amide bonds. The van der Waals surface area contributed by atoms with Crippen molar-refractivity contribution in [3.05, 3.63) is 76.7 Å². The molecular weight excluding hydrogens is 436 g/mol. The number of carbonyl (C=O) groups excluding carboxylic acids is 2. The second-order valence-corrected chi connectivity index (χ2v) is 7.41. The first kappa shape index (κ1) is 22.4. The van der Waals surface area contributed by atoms with E-state index in [-0.39, 0.29) is 29.4 Å². The highest BCUT2D eigenvalue weighted by molar-refractivity contribution is 6.08. The third-order valence-electron chi connectivity index (χ3n) is 5.17. The summed E-state index contributed by atoms with van der Waals surface area (Å²) in [6.07, 6.45) is 1.28. The summed E-state index contributed by atoms with van der Waals surface area (Å²) >= 11 is 0. The molecular formula is C23H21F2N3O5. The van der Waals surface area contributed by atoms with Gasteiger partial charge in [-0.15, -0.1) is 0 Å². The van der Waals surface area contributed by atoms with Crippen molar-refractivity contribution in [2.24, 2.45) is 0 Å². The first-order valence-electron chi connectivity index (χ1n) is 10.2. The van der Waals surface area contributed by atoms with Crippen LogP contribution in [-0.4, -0.2) is 48.2 Å². The van der Waals surface area contributed by atoms with E-state index < -0.39 is 17.5 Å². The third kappa shape index (κ3) is 5.17. The lowest BCUT2D eigenvalue weighted by Gasteiger charge is -2.27. The van der Waals surface area contributed by atoms with E-state index in [0.29, 0.717) is 43.2 Å². The molecule has 10 heteroatoms. The van der Waals surface area contributed by atoms with Crippen LogP contribution in [-0.2, 0) is 11.3 Å². The van der Waals surface area contributed by atoms with Crippen LogP contribution in [0.2, 0.25) is 0 Å². The molecule has 1 fully saturated rings. The standard InChI is InChI=1S/C23H21F2N3O5/c1-14-20(13-33-27-14)26-22(29)18-10-15(23(30)28-6-8-31-9-7-28)3-5-21(18)32-12-16-2-4-17(24)11-19(16)25/h2-5,10-11,13H,6-9,12H2,1H3,(H,26,29). The molecule has 3 aromatic rings. The maximum absolute atomic E-state index is 14.0. The Bertz CT molecular complexity index is 1170. The van der Waals surface area contributed by atoms with Gasteiger partial charge in [-0.3, -0.25) is 9.59 Å². The highest BCUT2D eigenvalue weighted by Gasteiger charge is 2.22. The van der Waals surface area contributed by atoms with E-state index in [1.165, 1.54) is 30.5 Å². The Morgan fingerprint density at radius 2 is 1.94 bits per heavy atom. The third-order valence-corrected chi connectivity index (χ3v) is 5.17. The van der Waals surface area contributed by atoms with Crippen LogP contribution >= 0.6 is 0 Å². The first-order chi connectivity index (χ1) is 15.9. The number of morpholine rings is 1. The molecule has 0 atom stereocenters. The van der Waals surface area contributed by atoms with Gasteiger partial charge in [0.05, 0.1) is 18.8 Å². The van der Waals surface area contributed by atoms with E-state index in [1.807, 2.05) is 0 Å². The molecule has 0 radical (unpaired) electrons. The lowest BCUT2D eigenvalue weighted by atomic mass is 10.1. The predicted octanol–water partition coefficient (Wildman–Crippen LogP) is 3.56. The van der Waals surface area contributed by atoms with Crippen molar-refractivity contribution in [3.8, 4) is 5.75 Å². The maximum Gasteiger partial charge on any atom is 0.259 e. The number of benzene rings is 2. The summed E-state index contributed by atoms with van der Waals surface area (Å²) in [7, 11) is 0. The average Bonchev–Trinajstić information content (AvgIpc) is 3.22. The quantitative estimate of drug-likeness (QED) is 0.608. The number of hydrogen-bond acceptors (Lipinski definition) is 6. The highest BCUT2D eigenvalue weighted by Crippen LogP contribution is 2.25. The summed E-state index contributed by atoms with van der Waals surface area (Å²) in [5.41, 5.74) is 1.31. The second kappa shape index (κ2) is 9.78. The predicted molar refractivity (Wildman–Crippen MR) is 113 cm³/mol. The van der Waals surface area contributed by atoms with Gasteiger partial charge >= 0.3 is 0 Å². The molecule has 8 nitrogen and oxygen atoms in total. The van der Waals surface area contributed by atoms with Crippen LogP contribution in [0.15, 0.2) is 47.2 Å². The van der Waals surface area contributed by atoms with Gasteiger partial charge in [0.2, 0.25) is 0 Å². The molecule has 0 unspecified atom stereocenters. The Morgan fingerprint density at radius 1 is 1.15 bits per heavy atom. The molecule has 172 valence electrons. The first-order valence-corrected chi connectivity index (χ1v) is 10.2. The fourth-order valence-corrected chi connectivity index (χ4v) is 3.31. The van der Waals surface area contributed by atoms with Crippen LogP contribution in [0.3, 0.4) is 0 Å². The van der Waals surface area contributed by atoms with Crippen LogP contribution in [0, 0.1) is 18.6 Å². The largest absolute Gasteiger partial charge is 0.488 e. The average molecular weight is 457 g/mol. The number of nitrogens with zero attached hydrogens (tertiary/aromatic N) is 2. The lowest BCUT2D eigenvalue weighted by Crippen LogP contribution is -2.40. The zero-order valence-electron chi connectivity index (χ0n) is 17.8. The summed E-state index contributed by atoms with van der Waals surface area (Å²) in [6, 6.07) is 7.58. The van der Waals surface area contributed by atoms with E-state index >= 15 is 0 Å². The fraction of sp³-hybridized carbons (Fsp3) is 0.261. The number of ether oxygens (including phenoxy) is 2. The molecule has 0 aliphatic carbocycles. The molecule has 0 spiro atoms. The molecule has 0 bridgehead atoms. The van der Waals surface area contributed by atoms with Gasteiger partial charge in [-0.2, -0.15) is 0 Å². The minimum absolute atomic E-state index is 0.0669. The van der Waals surface area contributed by atoms with E-state index in [0.717, 1.165) is 12.1 Å². The Labute approximate surface area is 188 Å². The number of nitrogens with one attached hydrogen (secondary N) is 1. The van der Waals surface area contributed by atoms with E-state index in [9.17, 15) is 18.4 Å². The molecule has 1 aliphatic heterocycles. The number of rotatable bonds is 6. The summed E-state index contributed by atoms with van der Waals surface area (Å²) in [5.74, 6) is -2.15. The highest BCUT2D eigenvalue weighted by atomic mass is 19.1. The number of hydrogen-bond donors (Lipinski definition) is 1. The summed E-state index contributed by atoms with van der Waals surface area (Å²) in [4.78, 5) is 27.6. The van der Waals surface area contributed by atoms with Gasteiger partial charge in [0, 0.05) is 30.3 Å². The molecule has 4 rings (SSSR count). The van der Waals surface area contributed by atoms with Crippen LogP contribution in [0.1, 0.15) is 32.0 Å². The van der Waals surface area contributed by atoms with E-state index in [1.54, 1.807) is 11.8 Å². The van der Waals surface area contributed by atoms with Crippen molar-refractivity contribution < 1.29 is 32.4 Å². The number of amides is 2. The zero-order valence-corrected chi connectivity index (χ0v) is 17.8. The van der Waals surface area contributed by atoms with Crippen molar-refractivity contribution in [1.82, 2.24) is 10.1 Å². The Morgan fingerprint density at radius 3 is 2.64 bits per heavy atom. The normalized spacial score (nSPS) is 13.6. The van der Waals surface area contributed by atoms with E-state index in [2.05, 4.69) is 10.5 Å². The lowest BCUT2D eigenvalue weighted by molar-refractivity contribution is 0.0303. The van der Waals surface area contributed by atoms with Gasteiger partial charge in [0.1, 0.15) is 41.6 Å². The van der Waals surface area contributed by atoms with E-state index in [4.69, 9.17) is 14.0 Å². The number of carbonyl (C=O) groups is 2. The monoisotopic (exact) mass is 457 g/mol. The van der Waals surface area contributed by atoms with Gasteiger partial charge in [-0.25, -0.2) is 8.78 Å². The van der Waals surface area contributed by atoms with Crippen LogP contribution in [0.25, 0.3) is 0 Å². The molecule has 1 saturated heterocycles. The zero-order chi connectivity index (χ0) is 23.4. The molecule has 2 aromatic carbocycles. The second-order valence-electron chi connectivity index (χ2n) is 7.41. The molecule has 0 saturated carbocycles. The van der Waals surface area contributed by atoms with Crippen molar-refractivity contribution in [3.63, 3.8) is 0 Å². The smallest absolute Gasteiger partial charge is 0.259 e. The van der Waals surface area contributed by atoms with Gasteiger partial charge in [-0.05, 0) is 37.3 Å². The Kier molecular flexibility index (Phi) is 6.64. The van der Waals surface area contributed by atoms with Crippen molar-refractivity contribution in [2.45, 2.75) is 13.5 Å². The van der Waals surface area contributed by atoms with Gasteiger partial charge in [0.15, 0.2) is 0 Å². The fourth-order valence-electron chi connectivity index (χ4n) is 3.31. The van der Waals surface area contributed by atoms with Crippen LogP contribution < -0.4 is 10.1 Å². The Balaban J connectivity index is 1.61. The van der Waals surface area contributed by atoms with Gasteiger partial charge in [0.25, 0.3) is 11.8 Å². The van der Waals surface area contributed by atoms with Crippen LogP contribution in [0.4, 0.5) is 14.5 Å². The van der Waals surface area contributed by atoms with Gasteiger partial charge in [-0.1, -0.05) is 5.16 Å². The molecule has 1 aliphatic rings. The minimum atomic E-state index is -0.764. The number of anilines is 1. The van der Waals surface area contributed by atoms with Crippen LogP contribution in [0.5, 0.6) is 5.75 Å². The Hall–Kier alpha value is -3.79.